The third-order valence-electron chi connectivity index (χ3n) is 21.7. The zero-order valence-electron chi connectivity index (χ0n) is 47.8. The highest BCUT2D eigenvalue weighted by Crippen LogP contribution is 2.76. The summed E-state index contributed by atoms with van der Waals surface area (Å²) in [4.78, 5) is 40.7. The van der Waals surface area contributed by atoms with Crippen molar-refractivity contribution in [3.05, 3.63) is 23.3 Å². The molecule has 4 saturated carbocycles. The number of rotatable bonds is 14. The van der Waals surface area contributed by atoms with Gasteiger partial charge in [-0.1, -0.05) is 59.3 Å². The summed E-state index contributed by atoms with van der Waals surface area (Å²) in [6, 6.07) is 0. The average Bonchev–Trinajstić information content (AvgIpc) is 0.800. The molecule has 9 aliphatic rings. The Kier molecular flexibility index (Phi) is 18.2. The molecule has 0 amide bonds. The van der Waals surface area contributed by atoms with Crippen LogP contribution < -0.4 is 0 Å². The molecule has 0 spiro atoms. The molecule has 9 rings (SSSR count). The molecule has 0 aromatic heterocycles. The first-order chi connectivity index (χ1) is 38.4. The van der Waals surface area contributed by atoms with E-state index in [0.717, 1.165) is 11.9 Å². The van der Waals surface area contributed by atoms with Crippen molar-refractivity contribution < 1.29 is 123 Å². The molecule has 8 fully saturated rings. The number of carboxylic acid groups (broad SMARTS) is 1. The van der Waals surface area contributed by atoms with Crippen molar-refractivity contribution in [1.82, 2.24) is 0 Å². The molecule has 4 aliphatic heterocycles. The summed E-state index contributed by atoms with van der Waals surface area (Å²) in [5, 5.41) is 143. The lowest BCUT2D eigenvalue weighted by Crippen LogP contribution is -2.70. The van der Waals surface area contributed by atoms with Gasteiger partial charge in [0.2, 0.25) is 0 Å². The summed E-state index contributed by atoms with van der Waals surface area (Å²) in [6.45, 7) is 13.5. The summed E-state index contributed by atoms with van der Waals surface area (Å²) in [6.07, 6.45) is -28.9. The predicted molar refractivity (Wildman–Crippen MR) is 278 cm³/mol. The number of carboxylic acids is 1. The summed E-state index contributed by atoms with van der Waals surface area (Å²) >= 11 is 0. The second kappa shape index (κ2) is 23.4. The van der Waals surface area contributed by atoms with Crippen LogP contribution in [0.25, 0.3) is 0 Å². The van der Waals surface area contributed by atoms with E-state index in [-0.39, 0.29) is 30.1 Å². The van der Waals surface area contributed by atoms with Crippen molar-refractivity contribution in [3.8, 4) is 0 Å². The first-order valence-corrected chi connectivity index (χ1v) is 28.8. The molecular formula is C57H88O25. The second-order valence-corrected chi connectivity index (χ2v) is 26.7. The minimum Gasteiger partial charge on any atom is -0.479 e. The van der Waals surface area contributed by atoms with Crippen molar-refractivity contribution in [2.75, 3.05) is 26.4 Å². The molecule has 4 heterocycles. The Morgan fingerprint density at radius 3 is 1.94 bits per heavy atom. The zero-order valence-corrected chi connectivity index (χ0v) is 47.8. The number of hydrogen-bond donors (Lipinski definition) is 13. The monoisotopic (exact) mass is 1170 g/mol. The van der Waals surface area contributed by atoms with Gasteiger partial charge in [-0.25, -0.2) is 9.59 Å². The lowest BCUT2D eigenvalue weighted by molar-refractivity contribution is -0.398. The van der Waals surface area contributed by atoms with Gasteiger partial charge in [0.05, 0.1) is 49.5 Å². The normalized spacial score (nSPS) is 52.2. The molecule has 0 aromatic carbocycles. The number of aliphatic carboxylic acids is 1. The number of fused-ring (bicyclic) bond motifs is 7. The van der Waals surface area contributed by atoms with E-state index in [4.69, 9.17) is 42.6 Å². The standard InChI is InChI=1S/C57H88O25/c1-9-24(2)47(73)77-34-18-52(3,4)16-26-25-10-11-31-53(5)14-13-33(54(6,22-59)30(53)12-15-55(31,7)56(25,8)17-32(63)57(26,34)23-60)78-51-45(82-49-40(69)38(67)37(66)29(19-58)76-49)42(41(70)43(80-51)46(71)72)79-50-44(36(65)28(62)21-75-50)81-48-39(68)35(64)27(61)20-74-48/h9-10,22,26-45,48-51,58,60-70H,11-21,23H2,1-8H3,(H,71,72)/b24-9-. The first kappa shape index (κ1) is 63.8. The number of carbonyl (C=O) groups is 3. The van der Waals surface area contributed by atoms with Crippen LogP contribution in [-0.4, -0.2) is 240 Å². The summed E-state index contributed by atoms with van der Waals surface area (Å²) in [7, 11) is 0. The maximum absolute atomic E-state index is 14.1. The molecular weight excluding hydrogens is 1080 g/mol. The van der Waals surface area contributed by atoms with Crippen molar-refractivity contribution >= 4 is 18.2 Å². The molecule has 5 aliphatic carbocycles. The minimum absolute atomic E-state index is 0.0883. The van der Waals surface area contributed by atoms with Crippen LogP contribution >= 0.6 is 0 Å². The Bertz CT molecular complexity index is 2390. The van der Waals surface area contributed by atoms with E-state index >= 15 is 0 Å². The lowest BCUT2D eigenvalue weighted by Gasteiger charge is -2.72. The van der Waals surface area contributed by atoms with Crippen molar-refractivity contribution in [2.45, 2.75) is 236 Å². The Morgan fingerprint density at radius 2 is 1.30 bits per heavy atom. The SMILES string of the molecule is C/C=C(/C)C(=O)OC1CC(C)(C)CC2C3=CCC4C5(C)CCC(OC6OC(C(=O)O)C(O)C(OC7OCC(O)C(O)C7OC7OCC(O)C(O)C7O)C6OC6OC(CO)C(O)C(O)C6O)C(C)(C=O)C5CCC4(C)C3(C)CC(O)C12CO. The van der Waals surface area contributed by atoms with Gasteiger partial charge < -0.3 is 114 Å². The maximum atomic E-state index is 14.1. The van der Waals surface area contributed by atoms with E-state index < -0.39 is 200 Å². The minimum atomic E-state index is -2.26. The molecule has 29 unspecified atom stereocenters. The molecule has 0 bridgehead atoms. The van der Waals surface area contributed by atoms with E-state index in [9.17, 15) is 80.8 Å². The topological polar surface area (TPSA) is 397 Å². The highest BCUT2D eigenvalue weighted by atomic mass is 16.8. The molecule has 82 heavy (non-hydrogen) atoms. The van der Waals surface area contributed by atoms with Crippen LogP contribution in [0.2, 0.25) is 0 Å². The van der Waals surface area contributed by atoms with Crippen LogP contribution in [0.1, 0.15) is 107 Å². The zero-order chi connectivity index (χ0) is 60.1. The molecule has 29 atom stereocenters. The maximum Gasteiger partial charge on any atom is 0.335 e. The summed E-state index contributed by atoms with van der Waals surface area (Å²) < 4.78 is 54.4. The largest absolute Gasteiger partial charge is 0.479 e. The number of carbonyl (C=O) groups excluding carboxylic acids is 2. The average molecular weight is 1170 g/mol. The number of ether oxygens (including phenoxy) is 9. The highest BCUT2D eigenvalue weighted by Gasteiger charge is 2.73. The Hall–Kier alpha value is -2.71. The van der Waals surface area contributed by atoms with Gasteiger partial charge in [-0.3, -0.25) is 0 Å². The fourth-order valence-electron chi connectivity index (χ4n) is 16.7. The second-order valence-electron chi connectivity index (χ2n) is 26.7. The highest BCUT2D eigenvalue weighted by molar-refractivity contribution is 5.87. The Morgan fingerprint density at radius 1 is 0.671 bits per heavy atom. The van der Waals surface area contributed by atoms with Crippen molar-refractivity contribution in [2.24, 2.45) is 50.2 Å². The van der Waals surface area contributed by atoms with Gasteiger partial charge in [0.25, 0.3) is 0 Å². The lowest BCUT2D eigenvalue weighted by atomic mass is 9.33. The molecule has 25 nitrogen and oxygen atoms in total. The van der Waals surface area contributed by atoms with Crippen molar-refractivity contribution in [1.29, 1.82) is 0 Å². The van der Waals surface area contributed by atoms with Crippen LogP contribution in [-0.2, 0) is 57.0 Å². The number of esters is 1. The summed E-state index contributed by atoms with van der Waals surface area (Å²) in [5.74, 6) is -3.08. The van der Waals surface area contributed by atoms with E-state index in [1.807, 2.05) is 0 Å². The fourth-order valence-corrected chi connectivity index (χ4v) is 16.7. The van der Waals surface area contributed by atoms with E-state index in [1.54, 1.807) is 26.8 Å². The van der Waals surface area contributed by atoms with Crippen molar-refractivity contribution in [3.63, 3.8) is 0 Å². The first-order valence-electron chi connectivity index (χ1n) is 28.8. The number of allylic oxidation sites excluding steroid dienone is 3. The van der Waals surface area contributed by atoms with Gasteiger partial charge in [0.15, 0.2) is 31.3 Å². The molecule has 0 aromatic rings. The number of aldehydes is 1. The van der Waals surface area contributed by atoms with Gasteiger partial charge in [-0.15, -0.1) is 0 Å². The van der Waals surface area contributed by atoms with Crippen LogP contribution in [0.4, 0.5) is 0 Å². The van der Waals surface area contributed by atoms with Crippen LogP contribution in [0.5, 0.6) is 0 Å². The number of aliphatic hydroxyl groups excluding tert-OH is 12. The molecule has 13 N–H and O–H groups in total. The van der Waals surface area contributed by atoms with E-state index in [1.165, 1.54) is 0 Å². The third kappa shape index (κ3) is 10.4. The third-order valence-corrected chi connectivity index (χ3v) is 21.7. The quantitative estimate of drug-likeness (QED) is 0.0308. The number of aliphatic hydroxyl groups is 12. The van der Waals surface area contributed by atoms with Gasteiger partial charge >= 0.3 is 11.9 Å². The Balaban J connectivity index is 1.04. The fraction of sp³-hybridized carbons (Fsp3) is 0.877. The molecule has 0 radical (unpaired) electrons. The van der Waals surface area contributed by atoms with Gasteiger partial charge in [-0.2, -0.15) is 0 Å². The Labute approximate surface area is 476 Å². The summed E-state index contributed by atoms with van der Waals surface area (Å²) in [5.41, 5.74) is -3.05. The van der Waals surface area contributed by atoms with Gasteiger partial charge in [0, 0.05) is 5.57 Å². The molecule has 4 saturated heterocycles. The van der Waals surface area contributed by atoms with Crippen LogP contribution in [0, 0.1) is 50.2 Å². The van der Waals surface area contributed by atoms with Gasteiger partial charge in [0.1, 0.15) is 91.7 Å². The molecule has 25 heteroatoms. The molecule has 466 valence electrons. The van der Waals surface area contributed by atoms with Crippen LogP contribution in [0.15, 0.2) is 23.3 Å². The predicted octanol–water partition coefficient (Wildman–Crippen LogP) is -1.55. The van der Waals surface area contributed by atoms with Crippen LogP contribution in [0.3, 0.4) is 0 Å². The number of hydrogen-bond acceptors (Lipinski definition) is 24. The van der Waals surface area contributed by atoms with Gasteiger partial charge in [-0.05, 0) is 105 Å². The van der Waals surface area contributed by atoms with E-state index in [2.05, 4.69) is 40.7 Å². The van der Waals surface area contributed by atoms with E-state index in [0.29, 0.717) is 44.1 Å². The smallest absolute Gasteiger partial charge is 0.335 e.